The van der Waals surface area contributed by atoms with E-state index in [9.17, 15) is 0 Å². The van der Waals surface area contributed by atoms with E-state index in [2.05, 4.69) is 218 Å². The highest BCUT2D eigenvalue weighted by molar-refractivity contribution is 7.26. The molecule has 5 heteroatoms. The van der Waals surface area contributed by atoms with Crippen LogP contribution in [0.3, 0.4) is 0 Å². The first kappa shape index (κ1) is 43.4. The van der Waals surface area contributed by atoms with E-state index in [-0.39, 0.29) is 28.4 Å². The molecule has 0 aliphatic carbocycles. The number of thiophene rings is 1. The molecule has 0 saturated heterocycles. The van der Waals surface area contributed by atoms with Crippen molar-refractivity contribution in [3.63, 3.8) is 0 Å². The number of para-hydroxylation sites is 1. The first-order valence-corrected chi connectivity index (χ1v) is 24.4. The minimum atomic E-state index is -0.119. The fourth-order valence-corrected chi connectivity index (χ4v) is 11.9. The first-order chi connectivity index (χ1) is 30.4. The van der Waals surface area contributed by atoms with Crippen molar-refractivity contribution < 1.29 is 4.42 Å². The van der Waals surface area contributed by atoms with Gasteiger partial charge in [-0.15, -0.1) is 11.3 Å². The zero-order valence-electron chi connectivity index (χ0n) is 41.6. The van der Waals surface area contributed by atoms with Gasteiger partial charge < -0.3 is 14.2 Å². The lowest BCUT2D eigenvalue weighted by atomic mass is 9.33. The number of hydrogen-bond acceptors (Lipinski definition) is 4. The minimum absolute atomic E-state index is 0.00225. The van der Waals surface area contributed by atoms with Crippen LogP contribution in [0.25, 0.3) is 32.4 Å². The molecule has 65 heavy (non-hydrogen) atoms. The molecule has 330 valence electrons. The lowest BCUT2D eigenvalue weighted by Gasteiger charge is -2.45. The molecule has 6 aromatic carbocycles. The average molecular weight is 873 g/mol. The summed E-state index contributed by atoms with van der Waals surface area (Å²) in [6.07, 6.45) is 0. The topological polar surface area (TPSA) is 19.6 Å². The number of hydrogen-bond donors (Lipinski definition) is 0. The molecule has 0 unspecified atom stereocenters. The highest BCUT2D eigenvalue weighted by atomic mass is 32.1. The summed E-state index contributed by atoms with van der Waals surface area (Å²) in [7, 11) is 0. The van der Waals surface area contributed by atoms with Crippen molar-refractivity contribution in [2.45, 2.75) is 132 Å². The zero-order valence-corrected chi connectivity index (χ0v) is 42.4. The maximum Gasteiger partial charge on any atom is 0.254 e. The molecule has 0 N–H and O–H groups in total. The molecule has 0 saturated carbocycles. The summed E-state index contributed by atoms with van der Waals surface area (Å²) in [6.45, 7) is 37.5. The van der Waals surface area contributed by atoms with Gasteiger partial charge in [0.2, 0.25) is 0 Å². The molecule has 0 spiro atoms. The molecule has 4 heterocycles. The zero-order chi connectivity index (χ0) is 46.4. The SMILES string of the molecule is Cc1cc(-c2cc3ccccc3o2)cc(C)c1N1c2ccc(C(C)(C)C)cc2B2c3c1cc(C(C)(C)C)cc3N(c1c(C)cc(C(C)(C)C)cc1C)c1sc3ccc(C(C)(C)C)cc3c12. The van der Waals surface area contributed by atoms with Gasteiger partial charge >= 0.3 is 0 Å². The Hall–Kier alpha value is -5.52. The van der Waals surface area contributed by atoms with Crippen LogP contribution in [0.1, 0.15) is 128 Å². The fraction of sp³-hybridized carbons (Fsp3) is 0.333. The molecular formula is C60H65BN2OS. The van der Waals surface area contributed by atoms with E-state index < -0.39 is 0 Å². The Balaban J connectivity index is 1.34. The van der Waals surface area contributed by atoms with Gasteiger partial charge in [0, 0.05) is 32.7 Å². The van der Waals surface area contributed by atoms with Crippen LogP contribution in [-0.2, 0) is 21.7 Å². The molecule has 8 aromatic rings. The summed E-state index contributed by atoms with van der Waals surface area (Å²) >= 11 is 1.97. The summed E-state index contributed by atoms with van der Waals surface area (Å²) in [5.41, 5.74) is 22.8. The van der Waals surface area contributed by atoms with Crippen LogP contribution in [-0.4, -0.2) is 6.71 Å². The van der Waals surface area contributed by atoms with Crippen molar-refractivity contribution in [2.24, 2.45) is 0 Å². The fourth-order valence-electron chi connectivity index (χ4n) is 10.7. The summed E-state index contributed by atoms with van der Waals surface area (Å²) < 4.78 is 7.82. The van der Waals surface area contributed by atoms with Gasteiger partial charge in [0.05, 0.1) is 16.4 Å². The first-order valence-electron chi connectivity index (χ1n) is 23.6. The Bertz CT molecular complexity index is 3180. The molecule has 0 amide bonds. The van der Waals surface area contributed by atoms with Gasteiger partial charge in [0.1, 0.15) is 11.3 Å². The second-order valence-electron chi connectivity index (χ2n) is 23.4. The van der Waals surface area contributed by atoms with Gasteiger partial charge in [0.15, 0.2) is 0 Å². The highest BCUT2D eigenvalue weighted by Crippen LogP contribution is 2.52. The van der Waals surface area contributed by atoms with Crippen molar-refractivity contribution >= 4 is 88.9 Å². The largest absolute Gasteiger partial charge is 0.456 e. The van der Waals surface area contributed by atoms with Gasteiger partial charge in [-0.1, -0.05) is 138 Å². The molecular weight excluding hydrogens is 808 g/mol. The predicted molar refractivity (Wildman–Crippen MR) is 285 cm³/mol. The van der Waals surface area contributed by atoms with E-state index in [1.807, 2.05) is 17.4 Å². The monoisotopic (exact) mass is 872 g/mol. The summed E-state index contributed by atoms with van der Waals surface area (Å²) in [5.74, 6) is 0.898. The van der Waals surface area contributed by atoms with Crippen molar-refractivity contribution in [2.75, 3.05) is 9.80 Å². The number of aryl methyl sites for hydroxylation is 4. The molecule has 2 aromatic heterocycles. The molecule has 10 rings (SSSR count). The maximum absolute atomic E-state index is 6.48. The van der Waals surface area contributed by atoms with Crippen LogP contribution in [0.5, 0.6) is 0 Å². The number of anilines is 6. The van der Waals surface area contributed by atoms with Gasteiger partial charge in [-0.25, -0.2) is 0 Å². The van der Waals surface area contributed by atoms with Crippen LogP contribution in [0.4, 0.5) is 33.4 Å². The molecule has 0 radical (unpaired) electrons. The normalized spacial score (nSPS) is 14.1. The average Bonchev–Trinajstić information content (AvgIpc) is 3.82. The molecule has 0 atom stereocenters. The third-order valence-corrected chi connectivity index (χ3v) is 15.5. The maximum atomic E-state index is 6.48. The molecule has 2 aliphatic heterocycles. The quantitative estimate of drug-likeness (QED) is 0.165. The third-order valence-electron chi connectivity index (χ3n) is 14.3. The van der Waals surface area contributed by atoms with Crippen LogP contribution in [0.2, 0.25) is 0 Å². The van der Waals surface area contributed by atoms with Crippen molar-refractivity contribution in [3.05, 3.63) is 148 Å². The van der Waals surface area contributed by atoms with Crippen LogP contribution in [0.15, 0.2) is 108 Å². The minimum Gasteiger partial charge on any atom is -0.456 e. The van der Waals surface area contributed by atoms with Gasteiger partial charge in [-0.2, -0.15) is 0 Å². The van der Waals surface area contributed by atoms with E-state index in [0.29, 0.717) is 0 Å². The second-order valence-corrected chi connectivity index (χ2v) is 24.4. The predicted octanol–water partition coefficient (Wildman–Crippen LogP) is 15.8. The number of nitrogens with zero attached hydrogens (tertiary/aromatic N) is 2. The van der Waals surface area contributed by atoms with Crippen LogP contribution >= 0.6 is 11.3 Å². The lowest BCUT2D eigenvalue weighted by Crippen LogP contribution is -2.61. The number of fused-ring (bicyclic) bond motifs is 7. The highest BCUT2D eigenvalue weighted by Gasteiger charge is 2.47. The Labute approximate surface area is 392 Å². The van der Waals surface area contributed by atoms with Crippen molar-refractivity contribution in [1.29, 1.82) is 0 Å². The summed E-state index contributed by atoms with van der Waals surface area (Å²) in [6, 6.07) is 39.9. The lowest BCUT2D eigenvalue weighted by molar-refractivity contribution is 0.589. The Morgan fingerprint density at radius 3 is 1.60 bits per heavy atom. The molecule has 3 nitrogen and oxygen atoms in total. The standard InChI is InChI=1S/C60H65BN2OS/c1-34-25-39(50-29-38-19-17-18-20-49(38)64-50)26-35(2)54(34)62-46-23-21-41(58(8,9)10)31-45(46)61-52-44-30-40(57(5,6)7)22-24-51(44)65-56(52)63(48-33-43(60(14,15)16)32-47(62)53(48)61)55-36(3)27-42(28-37(55)4)59(11,12)13/h17-33H,1-16H3. The van der Waals surface area contributed by atoms with E-state index in [4.69, 9.17) is 4.42 Å². The van der Waals surface area contributed by atoms with Crippen molar-refractivity contribution in [1.82, 2.24) is 0 Å². The van der Waals surface area contributed by atoms with Crippen LogP contribution in [0, 0.1) is 27.7 Å². The molecule has 0 fully saturated rings. The number of rotatable bonds is 3. The van der Waals surface area contributed by atoms with Gasteiger partial charge in [-0.05, 0) is 164 Å². The van der Waals surface area contributed by atoms with Crippen LogP contribution < -0.4 is 26.2 Å². The third kappa shape index (κ3) is 6.98. The Morgan fingerprint density at radius 2 is 1.00 bits per heavy atom. The van der Waals surface area contributed by atoms with Crippen molar-refractivity contribution in [3.8, 4) is 11.3 Å². The number of furan rings is 1. The van der Waals surface area contributed by atoms with E-state index >= 15 is 0 Å². The number of benzene rings is 6. The van der Waals surface area contributed by atoms with Gasteiger partial charge in [0.25, 0.3) is 6.71 Å². The Morgan fingerprint density at radius 1 is 0.477 bits per heavy atom. The molecule has 0 bridgehead atoms. The summed E-state index contributed by atoms with van der Waals surface area (Å²) in [5, 5.41) is 3.82. The Kier molecular flexibility index (Phi) is 9.67. The molecule has 2 aliphatic rings. The smallest absolute Gasteiger partial charge is 0.254 e. The second kappa shape index (κ2) is 14.5. The van der Waals surface area contributed by atoms with E-state index in [1.54, 1.807) is 0 Å². The van der Waals surface area contributed by atoms with E-state index in [1.165, 1.54) is 104 Å². The van der Waals surface area contributed by atoms with E-state index in [0.717, 1.165) is 22.3 Å². The van der Waals surface area contributed by atoms with Gasteiger partial charge in [-0.3, -0.25) is 0 Å². The summed E-state index contributed by atoms with van der Waals surface area (Å²) in [4.78, 5) is 5.33.